The van der Waals surface area contributed by atoms with Crippen LogP contribution in [0.3, 0.4) is 0 Å². The first-order valence-electron chi connectivity index (χ1n) is 6.81. The van der Waals surface area contributed by atoms with E-state index in [1.807, 2.05) is 13.8 Å². The molecule has 0 spiro atoms. The van der Waals surface area contributed by atoms with E-state index in [1.165, 1.54) is 0 Å². The molecule has 20 heavy (non-hydrogen) atoms. The van der Waals surface area contributed by atoms with Crippen molar-refractivity contribution in [3.8, 4) is 0 Å². The van der Waals surface area contributed by atoms with Crippen LogP contribution in [0.1, 0.15) is 37.4 Å². The smallest absolute Gasteiger partial charge is 0.254 e. The molecular formula is C14H23N3O3. The van der Waals surface area contributed by atoms with Crippen LogP contribution in [0, 0.1) is 19.8 Å². The number of carbonyl (C=O) groups excluding carboxylic acids is 1. The van der Waals surface area contributed by atoms with E-state index in [2.05, 4.69) is 15.3 Å². The van der Waals surface area contributed by atoms with Gasteiger partial charge in [-0.15, -0.1) is 0 Å². The van der Waals surface area contributed by atoms with Crippen molar-refractivity contribution in [1.29, 1.82) is 0 Å². The molecule has 0 aromatic carbocycles. The molecule has 6 heteroatoms. The fraction of sp³-hybridized carbons (Fsp3) is 0.643. The van der Waals surface area contributed by atoms with Gasteiger partial charge < -0.3 is 15.4 Å². The molecule has 0 aliphatic heterocycles. The van der Waals surface area contributed by atoms with Gasteiger partial charge in [-0.2, -0.15) is 0 Å². The van der Waals surface area contributed by atoms with E-state index in [9.17, 15) is 9.59 Å². The zero-order valence-corrected chi connectivity index (χ0v) is 12.5. The highest BCUT2D eigenvalue weighted by atomic mass is 16.3. The molecule has 112 valence electrons. The summed E-state index contributed by atoms with van der Waals surface area (Å²) in [5, 5.41) is 11.9. The van der Waals surface area contributed by atoms with E-state index in [1.54, 1.807) is 13.8 Å². The molecular weight excluding hydrogens is 258 g/mol. The first-order chi connectivity index (χ1) is 9.35. The van der Waals surface area contributed by atoms with Crippen LogP contribution < -0.4 is 10.9 Å². The maximum absolute atomic E-state index is 11.8. The standard InChI is InChI=1S/C14H23N3O3/c1-8(2)12(7-18)17-13(19)6-5-11-9(3)15-10(4)16-14(11)20/h8,12,18H,5-7H2,1-4H3,(H,17,19)(H,15,16,20)/t12-/m1/s1. The van der Waals surface area contributed by atoms with Crippen LogP contribution >= 0.6 is 0 Å². The number of carbonyl (C=O) groups is 1. The Kier molecular flexibility index (Phi) is 5.88. The predicted molar refractivity (Wildman–Crippen MR) is 76.5 cm³/mol. The molecule has 3 N–H and O–H groups in total. The largest absolute Gasteiger partial charge is 0.394 e. The molecule has 0 saturated carbocycles. The van der Waals surface area contributed by atoms with E-state index in [-0.39, 0.29) is 36.5 Å². The number of nitrogens with zero attached hydrogens (tertiary/aromatic N) is 1. The quantitative estimate of drug-likeness (QED) is 0.705. The molecule has 1 heterocycles. The highest BCUT2D eigenvalue weighted by Crippen LogP contribution is 2.04. The van der Waals surface area contributed by atoms with Gasteiger partial charge in [0.25, 0.3) is 5.56 Å². The first kappa shape index (κ1) is 16.4. The number of amides is 1. The maximum Gasteiger partial charge on any atom is 0.254 e. The average Bonchev–Trinajstić information content (AvgIpc) is 2.34. The number of rotatable bonds is 6. The lowest BCUT2D eigenvalue weighted by molar-refractivity contribution is -0.122. The summed E-state index contributed by atoms with van der Waals surface area (Å²) in [6.07, 6.45) is 0.550. The lowest BCUT2D eigenvalue weighted by atomic mass is 10.0. The van der Waals surface area contributed by atoms with Crippen molar-refractivity contribution in [3.63, 3.8) is 0 Å². The van der Waals surface area contributed by atoms with Gasteiger partial charge in [-0.25, -0.2) is 4.98 Å². The minimum Gasteiger partial charge on any atom is -0.394 e. The van der Waals surface area contributed by atoms with Gasteiger partial charge in [-0.1, -0.05) is 13.8 Å². The van der Waals surface area contributed by atoms with E-state index in [0.29, 0.717) is 23.5 Å². The number of aromatic amines is 1. The summed E-state index contributed by atoms with van der Waals surface area (Å²) >= 11 is 0. The van der Waals surface area contributed by atoms with E-state index in [0.717, 1.165) is 0 Å². The molecule has 1 atom stereocenters. The molecule has 1 amide bonds. The van der Waals surface area contributed by atoms with E-state index < -0.39 is 0 Å². The number of aliphatic hydroxyl groups excluding tert-OH is 1. The first-order valence-corrected chi connectivity index (χ1v) is 6.81. The number of H-pyrrole nitrogens is 1. The van der Waals surface area contributed by atoms with Gasteiger partial charge in [0, 0.05) is 17.7 Å². The van der Waals surface area contributed by atoms with Crippen LogP contribution in [0.5, 0.6) is 0 Å². The van der Waals surface area contributed by atoms with Crippen molar-refractivity contribution in [2.24, 2.45) is 5.92 Å². The number of nitrogens with one attached hydrogen (secondary N) is 2. The number of hydrogen-bond acceptors (Lipinski definition) is 4. The summed E-state index contributed by atoms with van der Waals surface area (Å²) in [6, 6.07) is -0.252. The number of aromatic nitrogens is 2. The zero-order chi connectivity index (χ0) is 15.3. The molecule has 0 aliphatic rings. The number of aliphatic hydroxyl groups is 1. The van der Waals surface area contributed by atoms with Crippen molar-refractivity contribution in [2.75, 3.05) is 6.61 Å². The number of hydrogen-bond donors (Lipinski definition) is 3. The van der Waals surface area contributed by atoms with Gasteiger partial charge in [0.2, 0.25) is 5.91 Å². The lowest BCUT2D eigenvalue weighted by Crippen LogP contribution is -2.41. The van der Waals surface area contributed by atoms with Crippen LogP contribution in [-0.2, 0) is 11.2 Å². The molecule has 0 bridgehead atoms. The summed E-state index contributed by atoms with van der Waals surface area (Å²) in [6.45, 7) is 7.26. The normalized spacial score (nSPS) is 12.5. The van der Waals surface area contributed by atoms with Crippen molar-refractivity contribution < 1.29 is 9.90 Å². The molecule has 0 saturated heterocycles. The second-order valence-corrected chi connectivity index (χ2v) is 5.32. The maximum atomic E-state index is 11.8. The highest BCUT2D eigenvalue weighted by molar-refractivity contribution is 5.76. The second-order valence-electron chi connectivity index (χ2n) is 5.32. The third-order valence-corrected chi connectivity index (χ3v) is 3.29. The van der Waals surface area contributed by atoms with E-state index >= 15 is 0 Å². The third kappa shape index (κ3) is 4.45. The third-order valence-electron chi connectivity index (χ3n) is 3.29. The van der Waals surface area contributed by atoms with Crippen molar-refractivity contribution in [3.05, 3.63) is 27.4 Å². The van der Waals surface area contributed by atoms with Gasteiger partial charge in [0.1, 0.15) is 5.82 Å². The Labute approximate surface area is 118 Å². The summed E-state index contributed by atoms with van der Waals surface area (Å²) in [7, 11) is 0. The predicted octanol–water partition coefficient (Wildman–Crippen LogP) is 0.452. The second kappa shape index (κ2) is 7.19. The Morgan fingerprint density at radius 3 is 2.55 bits per heavy atom. The fourth-order valence-electron chi connectivity index (χ4n) is 1.99. The van der Waals surface area contributed by atoms with Gasteiger partial charge in [-0.3, -0.25) is 9.59 Å². The monoisotopic (exact) mass is 281 g/mol. The van der Waals surface area contributed by atoms with Crippen LogP contribution in [0.4, 0.5) is 0 Å². The Hall–Kier alpha value is -1.69. The summed E-state index contributed by atoms with van der Waals surface area (Å²) in [5.41, 5.74) is 1.00. The van der Waals surface area contributed by atoms with Crippen molar-refractivity contribution in [2.45, 2.75) is 46.6 Å². The lowest BCUT2D eigenvalue weighted by Gasteiger charge is -2.19. The van der Waals surface area contributed by atoms with Crippen LogP contribution in [0.25, 0.3) is 0 Å². The van der Waals surface area contributed by atoms with Gasteiger partial charge in [0.05, 0.1) is 12.6 Å². The average molecular weight is 281 g/mol. The summed E-state index contributed by atoms with van der Waals surface area (Å²) in [5.74, 6) is 0.563. The van der Waals surface area contributed by atoms with Crippen LogP contribution in [-0.4, -0.2) is 33.6 Å². The topological polar surface area (TPSA) is 95.1 Å². The minimum absolute atomic E-state index is 0.0882. The van der Waals surface area contributed by atoms with E-state index in [4.69, 9.17) is 5.11 Å². The van der Waals surface area contributed by atoms with Gasteiger partial charge in [0.15, 0.2) is 0 Å². The van der Waals surface area contributed by atoms with Gasteiger partial charge >= 0.3 is 0 Å². The van der Waals surface area contributed by atoms with Gasteiger partial charge in [-0.05, 0) is 26.2 Å². The zero-order valence-electron chi connectivity index (χ0n) is 12.5. The van der Waals surface area contributed by atoms with Crippen molar-refractivity contribution in [1.82, 2.24) is 15.3 Å². The Balaban J connectivity index is 2.64. The molecule has 0 radical (unpaired) electrons. The minimum atomic E-state index is -0.252. The van der Waals surface area contributed by atoms with Crippen LogP contribution in [0.15, 0.2) is 4.79 Å². The molecule has 6 nitrogen and oxygen atoms in total. The number of aryl methyl sites for hydroxylation is 2. The molecule has 0 unspecified atom stereocenters. The van der Waals surface area contributed by atoms with Crippen molar-refractivity contribution >= 4 is 5.91 Å². The fourth-order valence-corrected chi connectivity index (χ4v) is 1.99. The SMILES string of the molecule is Cc1nc(C)c(CCC(=O)N[C@H](CO)C(C)C)c(=O)[nH]1. The Bertz CT molecular complexity index is 523. The summed E-state index contributed by atoms with van der Waals surface area (Å²) in [4.78, 5) is 30.4. The summed E-state index contributed by atoms with van der Waals surface area (Å²) < 4.78 is 0. The molecule has 0 aliphatic carbocycles. The van der Waals surface area contributed by atoms with Crippen LogP contribution in [0.2, 0.25) is 0 Å². The molecule has 0 fully saturated rings. The molecule has 1 aromatic heterocycles. The molecule has 1 rings (SSSR count). The highest BCUT2D eigenvalue weighted by Gasteiger charge is 2.16. The molecule has 1 aromatic rings. The Morgan fingerprint density at radius 2 is 2.05 bits per heavy atom. The Morgan fingerprint density at radius 1 is 1.40 bits per heavy atom.